The molecule has 3 amide bonds. The van der Waals surface area contributed by atoms with E-state index in [0.717, 1.165) is 29.9 Å². The molecule has 0 unspecified atom stereocenters. The molecule has 1 saturated carbocycles. The van der Waals surface area contributed by atoms with E-state index in [2.05, 4.69) is 26.1 Å². The Labute approximate surface area is 145 Å². The Morgan fingerprint density at radius 2 is 1.96 bits per heavy atom. The molecular formula is C17H21N5O3. The van der Waals surface area contributed by atoms with Gasteiger partial charge in [0.1, 0.15) is 0 Å². The van der Waals surface area contributed by atoms with Gasteiger partial charge in [0.05, 0.1) is 6.54 Å². The molecule has 132 valence electrons. The number of hydrogen-bond donors (Lipinski definition) is 3. The first-order valence-corrected chi connectivity index (χ1v) is 8.31. The first kappa shape index (κ1) is 16.9. The molecule has 0 aliphatic heterocycles. The standard InChI is InChI=1S/C17H21N5O3/c1-11(23)20-14-6-2-12(3-7-14)8-9-18-17(24)19-10-15-21-16(22-25-15)13-4-5-13/h2-3,6-7,13H,4-5,8-10H2,1H3,(H,20,23)(H2,18,19,24). The lowest BCUT2D eigenvalue weighted by Crippen LogP contribution is -2.36. The Morgan fingerprint density at radius 1 is 1.20 bits per heavy atom. The van der Waals surface area contributed by atoms with Crippen LogP contribution in [0.15, 0.2) is 28.8 Å². The summed E-state index contributed by atoms with van der Waals surface area (Å²) in [6.45, 7) is 2.19. The zero-order valence-corrected chi connectivity index (χ0v) is 14.0. The molecule has 0 radical (unpaired) electrons. The summed E-state index contributed by atoms with van der Waals surface area (Å²) in [7, 11) is 0. The minimum Gasteiger partial charge on any atom is -0.338 e. The summed E-state index contributed by atoms with van der Waals surface area (Å²) in [5.74, 6) is 1.49. The van der Waals surface area contributed by atoms with Crippen molar-refractivity contribution in [1.82, 2.24) is 20.8 Å². The zero-order valence-electron chi connectivity index (χ0n) is 14.0. The lowest BCUT2D eigenvalue weighted by molar-refractivity contribution is -0.114. The van der Waals surface area contributed by atoms with Gasteiger partial charge < -0.3 is 20.5 Å². The Morgan fingerprint density at radius 3 is 2.64 bits per heavy atom. The highest BCUT2D eigenvalue weighted by Gasteiger charge is 2.28. The van der Waals surface area contributed by atoms with Crippen LogP contribution in [0.1, 0.15) is 43.0 Å². The molecule has 0 saturated heterocycles. The van der Waals surface area contributed by atoms with Crippen molar-refractivity contribution in [2.45, 2.75) is 38.6 Å². The van der Waals surface area contributed by atoms with E-state index in [1.54, 1.807) is 0 Å². The van der Waals surface area contributed by atoms with E-state index in [-0.39, 0.29) is 18.5 Å². The first-order valence-electron chi connectivity index (χ1n) is 8.31. The average Bonchev–Trinajstić information content (AvgIpc) is 3.33. The van der Waals surface area contributed by atoms with Crippen molar-refractivity contribution in [2.75, 3.05) is 11.9 Å². The minimum atomic E-state index is -0.277. The van der Waals surface area contributed by atoms with Gasteiger partial charge in [-0.15, -0.1) is 0 Å². The fraction of sp³-hybridized carbons (Fsp3) is 0.412. The second-order valence-electron chi connectivity index (χ2n) is 6.06. The van der Waals surface area contributed by atoms with Crippen LogP contribution in [-0.4, -0.2) is 28.6 Å². The molecule has 8 nitrogen and oxygen atoms in total. The normalized spacial score (nSPS) is 13.3. The van der Waals surface area contributed by atoms with Gasteiger partial charge in [0, 0.05) is 25.1 Å². The number of carbonyl (C=O) groups is 2. The molecule has 0 bridgehead atoms. The number of carbonyl (C=O) groups excluding carboxylic acids is 2. The van der Waals surface area contributed by atoms with Crippen molar-refractivity contribution in [3.63, 3.8) is 0 Å². The highest BCUT2D eigenvalue weighted by molar-refractivity contribution is 5.88. The Balaban J connectivity index is 1.35. The van der Waals surface area contributed by atoms with E-state index in [4.69, 9.17) is 4.52 Å². The molecule has 3 rings (SSSR count). The number of nitrogens with one attached hydrogen (secondary N) is 3. The maximum atomic E-state index is 11.8. The fourth-order valence-electron chi connectivity index (χ4n) is 2.34. The number of aromatic nitrogens is 2. The molecule has 1 heterocycles. The van der Waals surface area contributed by atoms with Crippen LogP contribution in [0.3, 0.4) is 0 Å². The van der Waals surface area contributed by atoms with E-state index >= 15 is 0 Å². The van der Waals surface area contributed by atoms with Gasteiger partial charge in [0.25, 0.3) is 0 Å². The quantitative estimate of drug-likeness (QED) is 0.712. The third-order valence-electron chi connectivity index (χ3n) is 3.80. The van der Waals surface area contributed by atoms with Crippen molar-refractivity contribution in [2.24, 2.45) is 0 Å². The lowest BCUT2D eigenvalue weighted by atomic mass is 10.1. The van der Waals surface area contributed by atoms with Gasteiger partial charge in [-0.05, 0) is 37.0 Å². The molecule has 8 heteroatoms. The summed E-state index contributed by atoms with van der Waals surface area (Å²) < 4.78 is 5.10. The maximum absolute atomic E-state index is 11.8. The summed E-state index contributed by atoms with van der Waals surface area (Å²) in [6.07, 6.45) is 2.91. The first-order chi connectivity index (χ1) is 12.1. The summed E-state index contributed by atoms with van der Waals surface area (Å²) in [4.78, 5) is 27.0. The molecular weight excluding hydrogens is 322 g/mol. The molecule has 1 aliphatic rings. The van der Waals surface area contributed by atoms with Crippen LogP contribution in [-0.2, 0) is 17.8 Å². The maximum Gasteiger partial charge on any atom is 0.315 e. The number of urea groups is 1. The second-order valence-corrected chi connectivity index (χ2v) is 6.06. The predicted octanol–water partition coefficient (Wildman–Crippen LogP) is 1.95. The Hall–Kier alpha value is -2.90. The van der Waals surface area contributed by atoms with Crippen LogP contribution >= 0.6 is 0 Å². The molecule has 0 spiro atoms. The lowest BCUT2D eigenvalue weighted by Gasteiger charge is -2.07. The zero-order chi connectivity index (χ0) is 17.6. The molecule has 1 fully saturated rings. The molecule has 0 atom stereocenters. The van der Waals surface area contributed by atoms with E-state index < -0.39 is 0 Å². The Bertz CT molecular complexity index is 737. The van der Waals surface area contributed by atoms with Crippen LogP contribution in [0.2, 0.25) is 0 Å². The number of amides is 3. The van der Waals surface area contributed by atoms with Gasteiger partial charge in [0.2, 0.25) is 11.8 Å². The van der Waals surface area contributed by atoms with Gasteiger partial charge in [-0.1, -0.05) is 17.3 Å². The van der Waals surface area contributed by atoms with Crippen LogP contribution in [0.25, 0.3) is 0 Å². The number of anilines is 1. The summed E-state index contributed by atoms with van der Waals surface area (Å²) in [5.41, 5.74) is 1.83. The molecule has 25 heavy (non-hydrogen) atoms. The largest absolute Gasteiger partial charge is 0.338 e. The van der Waals surface area contributed by atoms with Crippen molar-refractivity contribution in [1.29, 1.82) is 0 Å². The van der Waals surface area contributed by atoms with Gasteiger partial charge in [0.15, 0.2) is 5.82 Å². The number of benzene rings is 1. The van der Waals surface area contributed by atoms with Crippen LogP contribution in [0.5, 0.6) is 0 Å². The summed E-state index contributed by atoms with van der Waals surface area (Å²) in [5, 5.41) is 12.1. The SMILES string of the molecule is CC(=O)Nc1ccc(CCNC(=O)NCc2nc(C3CC3)no2)cc1. The van der Waals surface area contributed by atoms with Gasteiger partial charge in [-0.2, -0.15) is 4.98 Å². The highest BCUT2D eigenvalue weighted by atomic mass is 16.5. The third kappa shape index (κ3) is 5.30. The van der Waals surface area contributed by atoms with E-state index in [9.17, 15) is 9.59 Å². The van der Waals surface area contributed by atoms with Crippen LogP contribution in [0.4, 0.5) is 10.5 Å². The van der Waals surface area contributed by atoms with Crippen LogP contribution < -0.4 is 16.0 Å². The van der Waals surface area contributed by atoms with E-state index in [0.29, 0.717) is 24.8 Å². The van der Waals surface area contributed by atoms with Crippen molar-refractivity contribution < 1.29 is 14.1 Å². The molecule has 3 N–H and O–H groups in total. The topological polar surface area (TPSA) is 109 Å². The monoisotopic (exact) mass is 343 g/mol. The number of hydrogen-bond acceptors (Lipinski definition) is 5. The van der Waals surface area contributed by atoms with Crippen molar-refractivity contribution in [3.8, 4) is 0 Å². The van der Waals surface area contributed by atoms with E-state index in [1.807, 2.05) is 24.3 Å². The average molecular weight is 343 g/mol. The molecule has 1 aromatic carbocycles. The second kappa shape index (κ2) is 7.78. The molecule has 1 aliphatic carbocycles. The minimum absolute atomic E-state index is 0.100. The fourth-order valence-corrected chi connectivity index (χ4v) is 2.34. The smallest absolute Gasteiger partial charge is 0.315 e. The molecule has 2 aromatic rings. The summed E-state index contributed by atoms with van der Waals surface area (Å²) >= 11 is 0. The molecule has 1 aromatic heterocycles. The van der Waals surface area contributed by atoms with Gasteiger partial charge in [-0.25, -0.2) is 4.79 Å². The number of nitrogens with zero attached hydrogens (tertiary/aromatic N) is 2. The highest BCUT2D eigenvalue weighted by Crippen LogP contribution is 2.37. The van der Waals surface area contributed by atoms with Crippen molar-refractivity contribution in [3.05, 3.63) is 41.5 Å². The number of rotatable bonds is 7. The van der Waals surface area contributed by atoms with E-state index in [1.165, 1.54) is 6.92 Å². The summed E-state index contributed by atoms with van der Waals surface area (Å²) in [6, 6.07) is 7.24. The Kier molecular flexibility index (Phi) is 5.27. The van der Waals surface area contributed by atoms with Gasteiger partial charge in [-0.3, -0.25) is 4.79 Å². The van der Waals surface area contributed by atoms with Crippen molar-refractivity contribution >= 4 is 17.6 Å². The third-order valence-corrected chi connectivity index (χ3v) is 3.80. The van der Waals surface area contributed by atoms with Crippen LogP contribution in [0, 0.1) is 0 Å². The van der Waals surface area contributed by atoms with Gasteiger partial charge >= 0.3 is 6.03 Å². The predicted molar refractivity (Wildman–Crippen MR) is 91.0 cm³/mol.